The maximum absolute atomic E-state index is 12.3. The first-order valence-electron chi connectivity index (χ1n) is 5.16. The van der Waals surface area contributed by atoms with Crippen LogP contribution in [-0.4, -0.2) is 30.5 Å². The van der Waals surface area contributed by atoms with E-state index in [0.717, 1.165) is 12.1 Å². The van der Waals surface area contributed by atoms with Crippen LogP contribution in [0, 0.1) is 0 Å². The van der Waals surface area contributed by atoms with Gasteiger partial charge in [0.1, 0.15) is 0 Å². The number of alkyl halides is 6. The van der Waals surface area contributed by atoms with E-state index in [9.17, 15) is 26.3 Å². The molecule has 0 spiro atoms. The second-order valence-electron chi connectivity index (χ2n) is 3.69. The highest BCUT2D eigenvalue weighted by atomic mass is 35.5. The van der Waals surface area contributed by atoms with Gasteiger partial charge in [0.15, 0.2) is 0 Å². The molecule has 0 saturated heterocycles. The molecule has 20 heavy (non-hydrogen) atoms. The van der Waals surface area contributed by atoms with Crippen LogP contribution in [0.2, 0.25) is 5.02 Å². The summed E-state index contributed by atoms with van der Waals surface area (Å²) in [6, 6.07) is 1.95. The van der Waals surface area contributed by atoms with Gasteiger partial charge in [-0.15, -0.1) is 0 Å². The van der Waals surface area contributed by atoms with Gasteiger partial charge in [0.25, 0.3) is 6.10 Å². The van der Waals surface area contributed by atoms with Crippen LogP contribution in [0.15, 0.2) is 12.1 Å². The number of pyridine rings is 1. The summed E-state index contributed by atoms with van der Waals surface area (Å²) in [6.45, 7) is 0.0682. The number of hydrogen-bond donors (Lipinski definition) is 1. The van der Waals surface area contributed by atoms with Crippen molar-refractivity contribution in [2.24, 2.45) is 0 Å². The zero-order valence-electron chi connectivity index (χ0n) is 9.94. The maximum atomic E-state index is 12.3. The quantitative estimate of drug-likeness (QED) is 0.864. The molecule has 1 N–H and O–H groups in total. The largest absolute Gasteiger partial charge is 0.455 e. The molecule has 0 aromatic carbocycles. The molecule has 0 aliphatic rings. The Morgan fingerprint density at radius 1 is 1.20 bits per heavy atom. The van der Waals surface area contributed by atoms with Crippen LogP contribution in [0.3, 0.4) is 0 Å². The molecule has 0 amide bonds. The van der Waals surface area contributed by atoms with E-state index in [-0.39, 0.29) is 17.3 Å². The highest BCUT2D eigenvalue weighted by Crippen LogP contribution is 2.36. The van der Waals surface area contributed by atoms with Crippen molar-refractivity contribution in [3.63, 3.8) is 0 Å². The van der Waals surface area contributed by atoms with Crippen molar-refractivity contribution in [3.8, 4) is 5.88 Å². The fourth-order valence-electron chi connectivity index (χ4n) is 1.26. The Hall–Kier alpha value is -1.22. The molecule has 10 heteroatoms. The summed E-state index contributed by atoms with van der Waals surface area (Å²) in [7, 11) is 1.51. The minimum atomic E-state index is -5.59. The van der Waals surface area contributed by atoms with Crippen molar-refractivity contribution >= 4 is 11.6 Å². The van der Waals surface area contributed by atoms with Gasteiger partial charge >= 0.3 is 12.4 Å². The molecule has 0 bridgehead atoms. The van der Waals surface area contributed by atoms with Gasteiger partial charge in [0.05, 0.1) is 10.7 Å². The highest BCUT2D eigenvalue weighted by Gasteiger charge is 2.59. The lowest BCUT2D eigenvalue weighted by Gasteiger charge is -2.23. The highest BCUT2D eigenvalue weighted by molar-refractivity contribution is 6.31. The van der Waals surface area contributed by atoms with E-state index in [4.69, 9.17) is 11.6 Å². The molecule has 1 aromatic rings. The molecular weight excluding hydrogens is 314 g/mol. The van der Waals surface area contributed by atoms with Crippen LogP contribution in [-0.2, 0) is 6.54 Å². The van der Waals surface area contributed by atoms with Gasteiger partial charge in [-0.3, -0.25) is 0 Å². The molecular formula is C10H9ClF6N2O. The monoisotopic (exact) mass is 322 g/mol. The first-order valence-corrected chi connectivity index (χ1v) is 5.53. The van der Waals surface area contributed by atoms with Crippen molar-refractivity contribution in [2.75, 3.05) is 7.05 Å². The smallest absolute Gasteiger partial charge is 0.434 e. The summed E-state index contributed by atoms with van der Waals surface area (Å²) < 4.78 is 77.8. The molecule has 3 nitrogen and oxygen atoms in total. The van der Waals surface area contributed by atoms with E-state index in [1.807, 2.05) is 0 Å². The van der Waals surface area contributed by atoms with E-state index in [1.54, 1.807) is 0 Å². The third-order valence-electron chi connectivity index (χ3n) is 2.07. The molecule has 1 rings (SSSR count). The van der Waals surface area contributed by atoms with Crippen molar-refractivity contribution in [1.29, 1.82) is 0 Å². The normalized spacial score (nSPS) is 12.8. The molecule has 0 aliphatic carbocycles. The van der Waals surface area contributed by atoms with Crippen LogP contribution in [0.5, 0.6) is 5.88 Å². The molecule has 0 radical (unpaired) electrons. The van der Waals surface area contributed by atoms with Gasteiger partial charge in [-0.25, -0.2) is 4.98 Å². The first-order chi connectivity index (χ1) is 9.05. The maximum Gasteiger partial charge on any atom is 0.434 e. The summed E-state index contributed by atoms with van der Waals surface area (Å²) in [6.07, 6.45) is -15.1. The predicted octanol–water partition coefficient (Wildman–Crippen LogP) is 3.33. The average molecular weight is 323 g/mol. The standard InChI is InChI=1S/C10H9ClF6N2O/c1-18-4-6-5(11)2-3-7(19-6)20-8(9(12,13)14)10(15,16)17/h2-3,8,18H,4H2,1H3. The van der Waals surface area contributed by atoms with Crippen molar-refractivity contribution in [1.82, 2.24) is 10.3 Å². The Morgan fingerprint density at radius 3 is 2.20 bits per heavy atom. The summed E-state index contributed by atoms with van der Waals surface area (Å²) in [5.41, 5.74) is 0.0785. The van der Waals surface area contributed by atoms with Gasteiger partial charge in [0.2, 0.25) is 5.88 Å². The topological polar surface area (TPSA) is 34.2 Å². The number of nitrogens with zero attached hydrogens (tertiary/aromatic N) is 1. The molecule has 114 valence electrons. The minimum absolute atomic E-state index is 0.0682. The summed E-state index contributed by atoms with van der Waals surface area (Å²) in [5.74, 6) is -0.806. The van der Waals surface area contributed by atoms with E-state index in [1.165, 1.54) is 7.05 Å². The number of rotatable bonds is 4. The van der Waals surface area contributed by atoms with Crippen LogP contribution < -0.4 is 10.1 Å². The molecule has 1 aromatic heterocycles. The van der Waals surface area contributed by atoms with Gasteiger partial charge < -0.3 is 10.1 Å². The lowest BCUT2D eigenvalue weighted by Crippen LogP contribution is -2.46. The number of aromatic nitrogens is 1. The van der Waals surface area contributed by atoms with E-state index in [2.05, 4.69) is 15.0 Å². The number of hydrogen-bond acceptors (Lipinski definition) is 3. The molecule has 0 atom stereocenters. The fourth-order valence-corrected chi connectivity index (χ4v) is 1.43. The molecule has 0 aliphatic heterocycles. The summed E-state index contributed by atoms with van der Waals surface area (Å²) in [4.78, 5) is 3.51. The van der Waals surface area contributed by atoms with Crippen LogP contribution >= 0.6 is 11.6 Å². The third kappa shape index (κ3) is 4.41. The lowest BCUT2D eigenvalue weighted by atomic mass is 10.3. The average Bonchev–Trinajstić information content (AvgIpc) is 2.27. The summed E-state index contributed by atoms with van der Waals surface area (Å²) >= 11 is 5.69. The van der Waals surface area contributed by atoms with Crippen molar-refractivity contribution in [2.45, 2.75) is 25.0 Å². The fraction of sp³-hybridized carbons (Fsp3) is 0.500. The van der Waals surface area contributed by atoms with Crippen LogP contribution in [0.1, 0.15) is 5.69 Å². The van der Waals surface area contributed by atoms with Crippen LogP contribution in [0.4, 0.5) is 26.3 Å². The Morgan fingerprint density at radius 2 is 1.75 bits per heavy atom. The third-order valence-corrected chi connectivity index (χ3v) is 2.41. The Kier molecular flexibility index (Phi) is 5.09. The van der Waals surface area contributed by atoms with Gasteiger partial charge in [-0.1, -0.05) is 11.6 Å². The van der Waals surface area contributed by atoms with Gasteiger partial charge in [-0.05, 0) is 13.1 Å². The Balaban J connectivity index is 3.03. The lowest BCUT2D eigenvalue weighted by molar-refractivity contribution is -0.300. The van der Waals surface area contributed by atoms with Gasteiger partial charge in [0, 0.05) is 12.6 Å². The second kappa shape index (κ2) is 6.04. The zero-order valence-corrected chi connectivity index (χ0v) is 10.7. The van der Waals surface area contributed by atoms with E-state index in [0.29, 0.717) is 0 Å². The first kappa shape index (κ1) is 16.8. The molecule has 0 unspecified atom stereocenters. The van der Waals surface area contributed by atoms with Crippen molar-refractivity contribution < 1.29 is 31.1 Å². The summed E-state index contributed by atoms with van der Waals surface area (Å²) in [5, 5.41) is 2.72. The van der Waals surface area contributed by atoms with E-state index >= 15 is 0 Å². The Bertz CT molecular complexity index is 448. The van der Waals surface area contributed by atoms with Crippen LogP contribution in [0.25, 0.3) is 0 Å². The second-order valence-corrected chi connectivity index (χ2v) is 4.10. The Labute approximate surface area is 114 Å². The number of nitrogens with one attached hydrogen (secondary N) is 1. The zero-order chi connectivity index (χ0) is 15.6. The number of halogens is 7. The van der Waals surface area contributed by atoms with Gasteiger partial charge in [-0.2, -0.15) is 26.3 Å². The predicted molar refractivity (Wildman–Crippen MR) is 58.5 cm³/mol. The molecule has 0 saturated carbocycles. The van der Waals surface area contributed by atoms with E-state index < -0.39 is 24.3 Å². The number of ether oxygens (including phenoxy) is 1. The SMILES string of the molecule is CNCc1nc(OC(C(F)(F)F)C(F)(F)F)ccc1Cl. The minimum Gasteiger partial charge on any atom is -0.455 e. The van der Waals surface area contributed by atoms with Crippen molar-refractivity contribution in [3.05, 3.63) is 22.8 Å². The molecule has 1 heterocycles. The molecule has 0 fully saturated rings.